The van der Waals surface area contributed by atoms with Gasteiger partial charge < -0.3 is 4.74 Å². The molecule has 0 atom stereocenters. The molecule has 1 nitrogen and oxygen atoms in total. The molecule has 0 saturated heterocycles. The number of benzene rings is 2. The molecule has 3 heteroatoms. The van der Waals surface area contributed by atoms with Crippen molar-refractivity contribution < 1.29 is 13.5 Å². The summed E-state index contributed by atoms with van der Waals surface area (Å²) in [5.41, 5.74) is 0.711. The first-order chi connectivity index (χ1) is 8.17. The summed E-state index contributed by atoms with van der Waals surface area (Å²) in [7, 11) is 0. The van der Waals surface area contributed by atoms with Gasteiger partial charge in [0.05, 0.1) is 0 Å². The Morgan fingerprint density at radius 1 is 0.882 bits per heavy atom. The summed E-state index contributed by atoms with van der Waals surface area (Å²) in [6.45, 7) is 0. The first-order valence-corrected chi connectivity index (χ1v) is 4.88. The Hall–Kier alpha value is -2.34. The van der Waals surface area contributed by atoms with Crippen LogP contribution in [0, 0.1) is 24.0 Å². The van der Waals surface area contributed by atoms with Crippen LogP contribution >= 0.6 is 0 Å². The second-order valence-corrected chi connectivity index (χ2v) is 3.38. The molecule has 2 aromatic rings. The van der Waals surface area contributed by atoms with E-state index in [2.05, 4.69) is 5.92 Å². The normalized spacial score (nSPS) is 9.71. The van der Waals surface area contributed by atoms with Gasteiger partial charge in [-0.3, -0.25) is 0 Å². The quantitative estimate of drug-likeness (QED) is 0.714. The molecule has 17 heavy (non-hydrogen) atoms. The molecule has 0 aromatic heterocycles. The van der Waals surface area contributed by atoms with Gasteiger partial charge in [0, 0.05) is 23.8 Å². The van der Waals surface area contributed by atoms with Crippen LogP contribution in [0.4, 0.5) is 8.78 Å². The van der Waals surface area contributed by atoms with Crippen molar-refractivity contribution in [2.24, 2.45) is 0 Å². The van der Waals surface area contributed by atoms with Crippen molar-refractivity contribution in [2.45, 2.75) is 0 Å². The Kier molecular flexibility index (Phi) is 3.06. The van der Waals surface area contributed by atoms with E-state index in [1.165, 1.54) is 0 Å². The third-order valence-corrected chi connectivity index (χ3v) is 2.09. The summed E-state index contributed by atoms with van der Waals surface area (Å²) in [5, 5.41) is 0. The molecule has 0 amide bonds. The minimum atomic E-state index is -0.680. The minimum Gasteiger partial charge on any atom is -0.457 e. The first kappa shape index (κ1) is 11.2. The molecule has 0 bridgehead atoms. The van der Waals surface area contributed by atoms with E-state index in [9.17, 15) is 8.78 Å². The smallest absolute Gasteiger partial charge is 0.133 e. The summed E-state index contributed by atoms with van der Waals surface area (Å²) in [5.74, 6) is 1.67. The highest BCUT2D eigenvalue weighted by Gasteiger charge is 2.02. The molecule has 2 rings (SSSR count). The van der Waals surface area contributed by atoms with E-state index in [-0.39, 0.29) is 5.75 Å². The van der Waals surface area contributed by atoms with E-state index in [4.69, 9.17) is 11.2 Å². The van der Waals surface area contributed by atoms with Gasteiger partial charge in [-0.2, -0.15) is 0 Å². The van der Waals surface area contributed by atoms with Crippen LogP contribution in [0.5, 0.6) is 11.5 Å². The molecule has 0 N–H and O–H groups in total. The van der Waals surface area contributed by atoms with E-state index in [0.717, 1.165) is 18.2 Å². The predicted octanol–water partition coefficient (Wildman–Crippen LogP) is 3.74. The number of hydrogen-bond donors (Lipinski definition) is 0. The van der Waals surface area contributed by atoms with Gasteiger partial charge in [0.15, 0.2) is 0 Å². The highest BCUT2D eigenvalue weighted by molar-refractivity contribution is 5.38. The van der Waals surface area contributed by atoms with Crippen molar-refractivity contribution >= 4 is 0 Å². The molecule has 84 valence electrons. The zero-order valence-electron chi connectivity index (χ0n) is 8.78. The third-order valence-electron chi connectivity index (χ3n) is 2.09. The molecule has 0 heterocycles. The number of rotatable bonds is 2. The van der Waals surface area contributed by atoms with E-state index >= 15 is 0 Å². The monoisotopic (exact) mass is 230 g/mol. The Bertz CT molecular complexity index is 548. The summed E-state index contributed by atoms with van der Waals surface area (Å²) < 4.78 is 31.1. The van der Waals surface area contributed by atoms with Crippen molar-refractivity contribution in [3.8, 4) is 23.8 Å². The predicted molar refractivity (Wildman–Crippen MR) is 60.8 cm³/mol. The van der Waals surface area contributed by atoms with Crippen LogP contribution in [0.15, 0.2) is 42.5 Å². The molecular formula is C14H8F2O. The summed E-state index contributed by atoms with van der Waals surface area (Å²) in [4.78, 5) is 0. The van der Waals surface area contributed by atoms with Gasteiger partial charge in [-0.25, -0.2) is 8.78 Å². The van der Waals surface area contributed by atoms with Gasteiger partial charge in [-0.15, -0.1) is 6.42 Å². The van der Waals surface area contributed by atoms with Crippen molar-refractivity contribution in [1.82, 2.24) is 0 Å². The summed E-state index contributed by atoms with van der Waals surface area (Å²) in [6, 6.07) is 9.65. The molecule has 0 unspecified atom stereocenters. The Labute approximate surface area is 97.7 Å². The first-order valence-electron chi connectivity index (χ1n) is 4.88. The number of terminal acetylenes is 1. The molecular weight excluding hydrogens is 222 g/mol. The third kappa shape index (κ3) is 2.82. The van der Waals surface area contributed by atoms with Crippen molar-refractivity contribution in [2.75, 3.05) is 0 Å². The fraction of sp³-hybridized carbons (Fsp3) is 0. The highest BCUT2D eigenvalue weighted by atomic mass is 19.1. The Morgan fingerprint density at radius 3 is 2.00 bits per heavy atom. The molecule has 0 spiro atoms. The largest absolute Gasteiger partial charge is 0.457 e. The average Bonchev–Trinajstić information content (AvgIpc) is 2.28. The van der Waals surface area contributed by atoms with Crippen LogP contribution in [0.1, 0.15) is 5.56 Å². The SMILES string of the molecule is C#Cc1ccc(Oc2cc(F)cc(F)c2)cc1. The molecule has 2 aromatic carbocycles. The average molecular weight is 230 g/mol. The van der Waals surface area contributed by atoms with Crippen LogP contribution in [0.3, 0.4) is 0 Å². The lowest BCUT2D eigenvalue weighted by Crippen LogP contribution is -1.87. The van der Waals surface area contributed by atoms with Gasteiger partial charge in [-0.05, 0) is 24.3 Å². The maximum Gasteiger partial charge on any atom is 0.133 e. The Balaban J connectivity index is 2.22. The molecule has 0 aliphatic heterocycles. The molecule has 0 saturated carbocycles. The lowest BCUT2D eigenvalue weighted by atomic mass is 10.2. The van der Waals surface area contributed by atoms with E-state index in [1.54, 1.807) is 24.3 Å². The highest BCUT2D eigenvalue weighted by Crippen LogP contribution is 2.23. The lowest BCUT2D eigenvalue weighted by molar-refractivity contribution is 0.468. The standard InChI is InChI=1S/C14H8F2O/c1-2-10-3-5-13(6-4-10)17-14-8-11(15)7-12(16)9-14/h1,3-9H. The van der Waals surface area contributed by atoms with Gasteiger partial charge in [0.25, 0.3) is 0 Å². The topological polar surface area (TPSA) is 9.23 Å². The zero-order valence-corrected chi connectivity index (χ0v) is 8.78. The van der Waals surface area contributed by atoms with E-state index in [1.807, 2.05) is 0 Å². The second-order valence-electron chi connectivity index (χ2n) is 3.38. The maximum absolute atomic E-state index is 12.9. The van der Waals surface area contributed by atoms with Crippen LogP contribution in [0.2, 0.25) is 0 Å². The number of hydrogen-bond acceptors (Lipinski definition) is 1. The molecule has 0 radical (unpaired) electrons. The van der Waals surface area contributed by atoms with Gasteiger partial charge in [-0.1, -0.05) is 5.92 Å². The fourth-order valence-electron chi connectivity index (χ4n) is 1.34. The van der Waals surface area contributed by atoms with Crippen LogP contribution in [-0.4, -0.2) is 0 Å². The van der Waals surface area contributed by atoms with Crippen LogP contribution in [-0.2, 0) is 0 Å². The van der Waals surface area contributed by atoms with Gasteiger partial charge in [0.2, 0.25) is 0 Å². The van der Waals surface area contributed by atoms with E-state index < -0.39 is 11.6 Å². The van der Waals surface area contributed by atoms with Crippen molar-refractivity contribution in [3.05, 3.63) is 59.7 Å². The Morgan fingerprint density at radius 2 is 1.47 bits per heavy atom. The number of halogens is 2. The van der Waals surface area contributed by atoms with Gasteiger partial charge in [0.1, 0.15) is 23.1 Å². The summed E-state index contributed by atoms with van der Waals surface area (Å²) >= 11 is 0. The molecule has 0 fully saturated rings. The van der Waals surface area contributed by atoms with Crippen molar-refractivity contribution in [1.29, 1.82) is 0 Å². The second kappa shape index (κ2) is 4.67. The van der Waals surface area contributed by atoms with Crippen LogP contribution < -0.4 is 4.74 Å². The molecule has 0 aliphatic carbocycles. The zero-order chi connectivity index (χ0) is 12.3. The fourth-order valence-corrected chi connectivity index (χ4v) is 1.34. The lowest BCUT2D eigenvalue weighted by Gasteiger charge is -2.05. The van der Waals surface area contributed by atoms with Crippen molar-refractivity contribution in [3.63, 3.8) is 0 Å². The van der Waals surface area contributed by atoms with Crippen LogP contribution in [0.25, 0.3) is 0 Å². The maximum atomic E-state index is 12.9. The molecule has 0 aliphatic rings. The van der Waals surface area contributed by atoms with Gasteiger partial charge >= 0.3 is 0 Å². The number of ether oxygens (including phenoxy) is 1. The van der Waals surface area contributed by atoms with E-state index in [0.29, 0.717) is 11.3 Å². The summed E-state index contributed by atoms with van der Waals surface area (Å²) in [6.07, 6.45) is 5.20. The minimum absolute atomic E-state index is 0.107.